The van der Waals surface area contributed by atoms with E-state index in [1.807, 2.05) is 0 Å². The third-order valence-electron chi connectivity index (χ3n) is 3.41. The summed E-state index contributed by atoms with van der Waals surface area (Å²) in [5.74, 6) is -0.407. The molecule has 0 radical (unpaired) electrons. The van der Waals surface area contributed by atoms with Crippen LogP contribution in [0.3, 0.4) is 0 Å². The first kappa shape index (κ1) is 19.3. The lowest BCUT2D eigenvalue weighted by Crippen LogP contribution is -2.30. The minimum Gasteiger partial charge on any atom is -0.477 e. The first-order chi connectivity index (χ1) is 12.3. The summed E-state index contributed by atoms with van der Waals surface area (Å²) in [7, 11) is -3.73. The zero-order valence-corrected chi connectivity index (χ0v) is 14.4. The van der Waals surface area contributed by atoms with Gasteiger partial charge in [0.1, 0.15) is 0 Å². The van der Waals surface area contributed by atoms with E-state index in [1.165, 1.54) is 30.3 Å². The van der Waals surface area contributed by atoms with Crippen molar-refractivity contribution >= 4 is 21.6 Å². The number of benzene rings is 2. The van der Waals surface area contributed by atoms with Gasteiger partial charge in [0.2, 0.25) is 10.0 Å². The number of carbonyl (C=O) groups excluding carboxylic acids is 1. The van der Waals surface area contributed by atoms with E-state index in [4.69, 9.17) is 9.88 Å². The number of para-hydroxylation sites is 2. The quantitative estimate of drug-likeness (QED) is 0.517. The maximum atomic E-state index is 11.8. The first-order valence-corrected chi connectivity index (χ1v) is 9.06. The van der Waals surface area contributed by atoms with Crippen LogP contribution in [0.25, 0.3) is 0 Å². The lowest BCUT2D eigenvalue weighted by Gasteiger charge is -2.08. The molecule has 0 fully saturated rings. The van der Waals surface area contributed by atoms with Crippen molar-refractivity contribution in [2.24, 2.45) is 5.14 Å². The molecule has 1 amide bonds. The van der Waals surface area contributed by atoms with Gasteiger partial charge in [-0.25, -0.2) is 13.6 Å². The van der Waals surface area contributed by atoms with E-state index < -0.39 is 20.9 Å². The molecule has 0 heterocycles. The van der Waals surface area contributed by atoms with E-state index in [0.29, 0.717) is 13.0 Å². The molecule has 0 spiro atoms. The fraction of sp³-hybridized carbons (Fsp3) is 0.188. The van der Waals surface area contributed by atoms with Crippen molar-refractivity contribution < 1.29 is 22.9 Å². The zero-order valence-electron chi connectivity index (χ0n) is 13.6. The molecule has 138 valence electrons. The van der Waals surface area contributed by atoms with Gasteiger partial charge in [0, 0.05) is 12.6 Å². The molecule has 0 aliphatic carbocycles. The van der Waals surface area contributed by atoms with Gasteiger partial charge in [-0.2, -0.15) is 0 Å². The lowest BCUT2D eigenvalue weighted by molar-refractivity contribution is -0.385. The third-order valence-corrected chi connectivity index (χ3v) is 4.34. The van der Waals surface area contributed by atoms with Gasteiger partial charge in [0.15, 0.2) is 12.4 Å². The number of sulfonamides is 1. The van der Waals surface area contributed by atoms with Crippen LogP contribution < -0.4 is 15.2 Å². The Bertz CT molecular complexity index is 896. The Morgan fingerprint density at radius 3 is 2.42 bits per heavy atom. The maximum Gasteiger partial charge on any atom is 0.310 e. The average molecular weight is 379 g/mol. The number of nitro benzene ring substituents is 1. The van der Waals surface area contributed by atoms with Crippen molar-refractivity contribution in [2.75, 3.05) is 13.2 Å². The van der Waals surface area contributed by atoms with Gasteiger partial charge in [0.05, 0.1) is 9.82 Å². The standard InChI is InChI=1S/C16H17N3O6S/c17-26(23,24)13-7-5-12(6-8-13)9-10-18-16(20)11-25-15-4-2-1-3-14(15)19(21)22/h1-8H,9-11H2,(H,18,20)(H2,17,23,24). The van der Waals surface area contributed by atoms with Crippen LogP contribution in [0.15, 0.2) is 53.4 Å². The molecule has 0 aliphatic heterocycles. The van der Waals surface area contributed by atoms with Crippen molar-refractivity contribution in [3.8, 4) is 5.75 Å². The van der Waals surface area contributed by atoms with Crippen molar-refractivity contribution in [1.29, 1.82) is 0 Å². The normalized spacial score (nSPS) is 11.0. The number of hydrogen-bond donors (Lipinski definition) is 2. The second kappa shape index (κ2) is 8.41. The summed E-state index contributed by atoms with van der Waals surface area (Å²) in [6, 6.07) is 11.8. The van der Waals surface area contributed by atoms with E-state index in [1.54, 1.807) is 18.2 Å². The zero-order chi connectivity index (χ0) is 19.2. The van der Waals surface area contributed by atoms with Crippen LogP contribution >= 0.6 is 0 Å². The Morgan fingerprint density at radius 1 is 1.15 bits per heavy atom. The highest BCUT2D eigenvalue weighted by atomic mass is 32.2. The first-order valence-electron chi connectivity index (χ1n) is 7.52. The maximum absolute atomic E-state index is 11.8. The highest BCUT2D eigenvalue weighted by molar-refractivity contribution is 7.89. The van der Waals surface area contributed by atoms with Gasteiger partial charge < -0.3 is 10.1 Å². The molecule has 10 heteroatoms. The Labute approximate surface area is 150 Å². The van der Waals surface area contributed by atoms with E-state index in [9.17, 15) is 23.3 Å². The summed E-state index contributed by atoms with van der Waals surface area (Å²) >= 11 is 0. The lowest BCUT2D eigenvalue weighted by atomic mass is 10.1. The fourth-order valence-electron chi connectivity index (χ4n) is 2.12. The third kappa shape index (κ3) is 5.53. The Kier molecular flexibility index (Phi) is 6.26. The number of carbonyl (C=O) groups is 1. The Morgan fingerprint density at radius 2 is 1.81 bits per heavy atom. The molecule has 3 N–H and O–H groups in total. The van der Waals surface area contributed by atoms with Crippen LogP contribution in [-0.2, 0) is 21.2 Å². The average Bonchev–Trinajstić information content (AvgIpc) is 2.60. The Balaban J connectivity index is 1.80. The smallest absolute Gasteiger partial charge is 0.310 e. The van der Waals surface area contributed by atoms with Crippen LogP contribution in [0.4, 0.5) is 5.69 Å². The predicted molar refractivity (Wildman–Crippen MR) is 93.1 cm³/mol. The summed E-state index contributed by atoms with van der Waals surface area (Å²) in [6.45, 7) is -0.0526. The highest BCUT2D eigenvalue weighted by Crippen LogP contribution is 2.25. The molecule has 9 nitrogen and oxygen atoms in total. The molecule has 0 saturated carbocycles. The number of nitrogens with zero attached hydrogens (tertiary/aromatic N) is 1. The number of hydrogen-bond acceptors (Lipinski definition) is 6. The second-order valence-corrected chi connectivity index (χ2v) is 6.86. The minimum absolute atomic E-state index is 0.0168. The van der Waals surface area contributed by atoms with Gasteiger partial charge in [-0.05, 0) is 30.2 Å². The summed E-state index contributed by atoms with van der Waals surface area (Å²) in [6.07, 6.45) is 0.474. The van der Waals surface area contributed by atoms with Gasteiger partial charge in [-0.1, -0.05) is 24.3 Å². The van der Waals surface area contributed by atoms with Gasteiger partial charge in [-0.3, -0.25) is 14.9 Å². The summed E-state index contributed by atoms with van der Waals surface area (Å²) in [5.41, 5.74) is 0.604. The molecule has 2 aromatic carbocycles. The number of amides is 1. The van der Waals surface area contributed by atoms with Crippen LogP contribution in [0.5, 0.6) is 5.75 Å². The topological polar surface area (TPSA) is 142 Å². The Hall–Kier alpha value is -2.98. The summed E-state index contributed by atoms with van der Waals surface area (Å²) in [5, 5.41) is 18.5. The van der Waals surface area contributed by atoms with E-state index >= 15 is 0 Å². The molecule has 0 atom stereocenters. The molecule has 26 heavy (non-hydrogen) atoms. The molecule has 0 aliphatic rings. The van der Waals surface area contributed by atoms with Gasteiger partial charge in [-0.15, -0.1) is 0 Å². The van der Waals surface area contributed by atoms with Crippen molar-refractivity contribution in [3.63, 3.8) is 0 Å². The van der Waals surface area contributed by atoms with Crippen molar-refractivity contribution in [2.45, 2.75) is 11.3 Å². The number of primary sulfonamides is 1. The van der Waals surface area contributed by atoms with Crippen LogP contribution in [0.2, 0.25) is 0 Å². The van der Waals surface area contributed by atoms with Crippen molar-refractivity contribution in [3.05, 3.63) is 64.2 Å². The number of nitrogens with one attached hydrogen (secondary N) is 1. The monoisotopic (exact) mass is 379 g/mol. The molecule has 0 unspecified atom stereocenters. The van der Waals surface area contributed by atoms with Crippen molar-refractivity contribution in [1.82, 2.24) is 5.32 Å². The largest absolute Gasteiger partial charge is 0.477 e. The SMILES string of the molecule is NS(=O)(=O)c1ccc(CCNC(=O)COc2ccccc2[N+](=O)[O-])cc1. The fourth-order valence-corrected chi connectivity index (χ4v) is 2.63. The molecule has 0 bridgehead atoms. The summed E-state index contributed by atoms with van der Waals surface area (Å²) < 4.78 is 27.5. The van der Waals surface area contributed by atoms with Crippen LogP contribution in [0, 0.1) is 10.1 Å². The minimum atomic E-state index is -3.73. The number of nitrogens with two attached hydrogens (primary N) is 1. The number of ether oxygens (including phenoxy) is 1. The summed E-state index contributed by atoms with van der Waals surface area (Å²) in [4.78, 5) is 22.1. The molecule has 2 aromatic rings. The van der Waals surface area contributed by atoms with Crippen LogP contribution in [-0.4, -0.2) is 32.4 Å². The molecular weight excluding hydrogens is 362 g/mol. The predicted octanol–water partition coefficient (Wildman–Crippen LogP) is 0.980. The second-order valence-electron chi connectivity index (χ2n) is 5.30. The molecule has 0 aromatic heterocycles. The van der Waals surface area contributed by atoms with Gasteiger partial charge >= 0.3 is 5.69 Å². The molecule has 0 saturated heterocycles. The highest BCUT2D eigenvalue weighted by Gasteiger charge is 2.14. The molecule has 2 rings (SSSR count). The van der Waals surface area contributed by atoms with Crippen LogP contribution in [0.1, 0.15) is 5.56 Å². The van der Waals surface area contributed by atoms with E-state index in [-0.39, 0.29) is 22.9 Å². The van der Waals surface area contributed by atoms with E-state index in [2.05, 4.69) is 5.32 Å². The van der Waals surface area contributed by atoms with Gasteiger partial charge in [0.25, 0.3) is 5.91 Å². The number of nitro groups is 1. The number of rotatable bonds is 8. The van der Waals surface area contributed by atoms with E-state index in [0.717, 1.165) is 5.56 Å². The molecular formula is C16H17N3O6S.